The van der Waals surface area contributed by atoms with Crippen molar-refractivity contribution in [3.05, 3.63) is 67.0 Å². The number of ether oxygens (including phenoxy) is 2. The lowest BCUT2D eigenvalue weighted by Gasteiger charge is -2.10. The fourth-order valence-electron chi connectivity index (χ4n) is 2.59. The number of allylic oxidation sites excluding steroid dienone is 1. The van der Waals surface area contributed by atoms with E-state index in [4.69, 9.17) is 19.6 Å². The second-order valence-corrected chi connectivity index (χ2v) is 5.89. The molecule has 5 heteroatoms. The van der Waals surface area contributed by atoms with E-state index in [9.17, 15) is 0 Å². The molecule has 1 N–H and O–H groups in total. The Morgan fingerprint density at radius 1 is 1.08 bits per heavy atom. The highest BCUT2D eigenvalue weighted by Crippen LogP contribution is 2.27. The van der Waals surface area contributed by atoms with Gasteiger partial charge in [-0.05, 0) is 61.0 Å². The summed E-state index contributed by atoms with van der Waals surface area (Å²) in [6.45, 7) is 6.22. The fourth-order valence-corrected chi connectivity index (χ4v) is 2.59. The molecule has 0 saturated carbocycles. The van der Waals surface area contributed by atoms with E-state index < -0.39 is 0 Å². The predicted octanol–water partition coefficient (Wildman–Crippen LogP) is 3.95. The zero-order valence-electron chi connectivity index (χ0n) is 15.0. The van der Waals surface area contributed by atoms with Crippen molar-refractivity contribution in [2.24, 2.45) is 0 Å². The molecular formula is C21H22N2O3. The first kappa shape index (κ1) is 17.8. The molecule has 3 aromatic rings. The lowest BCUT2D eigenvalue weighted by Crippen LogP contribution is -2.02. The Kier molecular flexibility index (Phi) is 5.39. The van der Waals surface area contributed by atoms with Crippen molar-refractivity contribution in [2.45, 2.75) is 6.92 Å². The third-order valence-corrected chi connectivity index (χ3v) is 3.97. The van der Waals surface area contributed by atoms with E-state index in [1.807, 2.05) is 66.2 Å². The van der Waals surface area contributed by atoms with Gasteiger partial charge in [-0.2, -0.15) is 0 Å². The molecule has 0 unspecified atom stereocenters. The largest absolute Gasteiger partial charge is 0.497 e. The Labute approximate surface area is 153 Å². The lowest BCUT2D eigenvalue weighted by atomic mass is 10.2. The number of benzene rings is 2. The van der Waals surface area contributed by atoms with Crippen LogP contribution in [0.1, 0.15) is 12.6 Å². The van der Waals surface area contributed by atoms with Crippen molar-refractivity contribution >= 4 is 5.57 Å². The maximum absolute atomic E-state index is 8.86. The van der Waals surface area contributed by atoms with E-state index in [1.165, 1.54) is 0 Å². The van der Waals surface area contributed by atoms with Gasteiger partial charge in [-0.3, -0.25) is 4.57 Å². The van der Waals surface area contributed by atoms with E-state index >= 15 is 0 Å². The molecule has 3 rings (SSSR count). The molecular weight excluding hydrogens is 328 g/mol. The summed E-state index contributed by atoms with van der Waals surface area (Å²) in [7, 11) is 1.65. The van der Waals surface area contributed by atoms with Crippen LogP contribution in [-0.4, -0.2) is 35.0 Å². The molecule has 0 spiro atoms. The van der Waals surface area contributed by atoms with Gasteiger partial charge < -0.3 is 14.6 Å². The van der Waals surface area contributed by atoms with Gasteiger partial charge in [0.2, 0.25) is 0 Å². The number of aromatic nitrogens is 2. The third-order valence-electron chi connectivity index (χ3n) is 3.97. The van der Waals surface area contributed by atoms with Gasteiger partial charge in [0.25, 0.3) is 0 Å². The van der Waals surface area contributed by atoms with Gasteiger partial charge >= 0.3 is 0 Å². The van der Waals surface area contributed by atoms with E-state index in [0.717, 1.165) is 34.1 Å². The van der Waals surface area contributed by atoms with Crippen LogP contribution in [0.15, 0.2) is 61.3 Å². The molecule has 2 aromatic carbocycles. The zero-order valence-corrected chi connectivity index (χ0v) is 15.0. The van der Waals surface area contributed by atoms with Gasteiger partial charge in [-0.1, -0.05) is 6.58 Å². The lowest BCUT2D eigenvalue weighted by molar-refractivity contribution is 0.201. The van der Waals surface area contributed by atoms with Crippen LogP contribution >= 0.6 is 0 Å². The minimum Gasteiger partial charge on any atom is -0.497 e. The van der Waals surface area contributed by atoms with Crippen molar-refractivity contribution in [1.29, 1.82) is 0 Å². The molecule has 1 heterocycles. The number of nitrogens with zero attached hydrogens (tertiary/aromatic N) is 2. The highest BCUT2D eigenvalue weighted by atomic mass is 16.5. The average Bonchev–Trinajstić information content (AvgIpc) is 3.12. The molecule has 0 amide bonds. The van der Waals surface area contributed by atoms with Crippen molar-refractivity contribution in [3.8, 4) is 28.6 Å². The number of methoxy groups -OCH3 is 1. The van der Waals surface area contributed by atoms with Crippen LogP contribution in [0.3, 0.4) is 0 Å². The molecule has 5 nitrogen and oxygen atoms in total. The fraction of sp³-hybridized carbons (Fsp3) is 0.190. The Bertz CT molecular complexity index is 881. The number of aliphatic hydroxyl groups is 1. The molecule has 0 saturated heterocycles. The molecule has 0 aliphatic heterocycles. The number of hydrogen-bond acceptors (Lipinski definition) is 4. The van der Waals surface area contributed by atoms with E-state index in [2.05, 4.69) is 6.58 Å². The summed E-state index contributed by atoms with van der Waals surface area (Å²) in [5, 5.41) is 8.86. The maximum atomic E-state index is 8.86. The second-order valence-electron chi connectivity index (χ2n) is 5.89. The van der Waals surface area contributed by atoms with Gasteiger partial charge in [0.1, 0.15) is 23.9 Å². The first-order valence-corrected chi connectivity index (χ1v) is 8.36. The van der Waals surface area contributed by atoms with E-state index in [1.54, 1.807) is 7.11 Å². The number of hydrogen-bond donors (Lipinski definition) is 1. The van der Waals surface area contributed by atoms with Crippen LogP contribution in [0.5, 0.6) is 11.5 Å². The molecule has 134 valence electrons. The van der Waals surface area contributed by atoms with Crippen molar-refractivity contribution in [1.82, 2.24) is 9.55 Å². The first-order valence-electron chi connectivity index (χ1n) is 8.36. The zero-order chi connectivity index (χ0) is 18.5. The van der Waals surface area contributed by atoms with E-state index in [0.29, 0.717) is 5.75 Å². The molecule has 0 bridgehead atoms. The summed E-state index contributed by atoms with van der Waals surface area (Å²) in [6.07, 6.45) is 1.98. The standard InChI is InChI=1S/C21H22N2O3/c1-15(2)20-14-23(17-6-10-19(11-7-17)26-13-12-24)21(22-20)16-4-8-18(25-3)9-5-16/h4-11,14,24H,1,12-13H2,2-3H3. The minimum atomic E-state index is -0.00708. The Morgan fingerprint density at radius 2 is 1.73 bits per heavy atom. The minimum absolute atomic E-state index is 0.00708. The summed E-state index contributed by atoms with van der Waals surface area (Å²) in [4.78, 5) is 4.74. The topological polar surface area (TPSA) is 56.5 Å². The Hall–Kier alpha value is -3.05. The van der Waals surface area contributed by atoms with Gasteiger partial charge in [0, 0.05) is 17.4 Å². The summed E-state index contributed by atoms with van der Waals surface area (Å²) < 4.78 is 12.7. The summed E-state index contributed by atoms with van der Waals surface area (Å²) in [6, 6.07) is 15.5. The third kappa shape index (κ3) is 3.78. The van der Waals surface area contributed by atoms with Gasteiger partial charge in [-0.15, -0.1) is 0 Å². The molecule has 0 fully saturated rings. The van der Waals surface area contributed by atoms with Crippen molar-refractivity contribution < 1.29 is 14.6 Å². The smallest absolute Gasteiger partial charge is 0.145 e. The maximum Gasteiger partial charge on any atom is 0.145 e. The molecule has 0 aliphatic rings. The van der Waals surface area contributed by atoms with Crippen LogP contribution in [0.2, 0.25) is 0 Å². The molecule has 0 aliphatic carbocycles. The molecule has 1 aromatic heterocycles. The van der Waals surface area contributed by atoms with Gasteiger partial charge in [0.15, 0.2) is 0 Å². The highest BCUT2D eigenvalue weighted by Gasteiger charge is 2.12. The summed E-state index contributed by atoms with van der Waals surface area (Å²) in [5.74, 6) is 2.35. The van der Waals surface area contributed by atoms with Gasteiger partial charge in [0.05, 0.1) is 19.4 Å². The quantitative estimate of drug-likeness (QED) is 0.701. The average molecular weight is 350 g/mol. The highest BCUT2D eigenvalue weighted by molar-refractivity contribution is 5.66. The first-order chi connectivity index (χ1) is 12.6. The molecule has 0 radical (unpaired) electrons. The van der Waals surface area contributed by atoms with Crippen LogP contribution in [0.25, 0.3) is 22.6 Å². The number of rotatable bonds is 7. The monoisotopic (exact) mass is 350 g/mol. The second kappa shape index (κ2) is 7.89. The predicted molar refractivity (Wildman–Crippen MR) is 103 cm³/mol. The number of aliphatic hydroxyl groups excluding tert-OH is 1. The van der Waals surface area contributed by atoms with E-state index in [-0.39, 0.29) is 13.2 Å². The van der Waals surface area contributed by atoms with Crippen molar-refractivity contribution in [3.63, 3.8) is 0 Å². The van der Waals surface area contributed by atoms with Crippen LogP contribution < -0.4 is 9.47 Å². The SMILES string of the molecule is C=C(C)c1cn(-c2ccc(OCCO)cc2)c(-c2ccc(OC)cc2)n1. The summed E-state index contributed by atoms with van der Waals surface area (Å²) in [5.41, 5.74) is 3.70. The number of imidazole rings is 1. The van der Waals surface area contributed by atoms with Crippen LogP contribution in [0, 0.1) is 0 Å². The normalized spacial score (nSPS) is 10.6. The van der Waals surface area contributed by atoms with Crippen LogP contribution in [0.4, 0.5) is 0 Å². The van der Waals surface area contributed by atoms with Crippen molar-refractivity contribution in [2.75, 3.05) is 20.3 Å². The van der Waals surface area contributed by atoms with Crippen LogP contribution in [-0.2, 0) is 0 Å². The summed E-state index contributed by atoms with van der Waals surface area (Å²) >= 11 is 0. The Morgan fingerprint density at radius 3 is 2.31 bits per heavy atom. The Balaban J connectivity index is 2.00. The van der Waals surface area contributed by atoms with Gasteiger partial charge in [-0.25, -0.2) is 4.98 Å². The molecule has 0 atom stereocenters. The molecule has 26 heavy (non-hydrogen) atoms.